The van der Waals surface area contributed by atoms with E-state index >= 15 is 0 Å². The minimum absolute atomic E-state index is 0.154. The van der Waals surface area contributed by atoms with Gasteiger partial charge in [0.05, 0.1) is 19.3 Å². The number of carbonyl (C=O) groups is 1. The number of anilines is 2. The zero-order valence-electron chi connectivity index (χ0n) is 21.1. The molecule has 2 aliphatic heterocycles. The van der Waals surface area contributed by atoms with E-state index in [-0.39, 0.29) is 18.1 Å². The van der Waals surface area contributed by atoms with Gasteiger partial charge in [-0.3, -0.25) is 0 Å². The van der Waals surface area contributed by atoms with Gasteiger partial charge in [0.15, 0.2) is 12.5 Å². The second kappa shape index (κ2) is 12.4. The van der Waals surface area contributed by atoms with Crippen LogP contribution in [0.5, 0.6) is 0 Å². The molecule has 1 saturated carbocycles. The Balaban J connectivity index is 1.41. The molecule has 0 spiro atoms. The van der Waals surface area contributed by atoms with Crippen LogP contribution >= 0.6 is 0 Å². The van der Waals surface area contributed by atoms with Gasteiger partial charge in [-0.25, -0.2) is 4.79 Å². The molecule has 2 heterocycles. The van der Waals surface area contributed by atoms with Gasteiger partial charge in [0, 0.05) is 18.4 Å². The Morgan fingerprint density at radius 3 is 2.11 bits per heavy atom. The Morgan fingerprint density at radius 1 is 0.895 bits per heavy atom. The molecule has 6 unspecified atom stereocenters. The average Bonchev–Trinajstić information content (AvgIpc) is 3.62. The lowest BCUT2D eigenvalue weighted by atomic mass is 9.96. The molecule has 1 aliphatic carbocycles. The van der Waals surface area contributed by atoms with Gasteiger partial charge in [0.2, 0.25) is 0 Å². The molecular formula is C24H37N3O11. The number of urea groups is 1. The van der Waals surface area contributed by atoms with E-state index in [9.17, 15) is 35.4 Å². The largest absolute Gasteiger partial charge is 0.394 e. The molecule has 14 heteroatoms. The van der Waals surface area contributed by atoms with Crippen LogP contribution in [0.2, 0.25) is 0 Å². The Labute approximate surface area is 219 Å². The molecule has 0 radical (unpaired) electrons. The lowest BCUT2D eigenvalue weighted by Crippen LogP contribution is -2.65. The number of rotatable bonds is 9. The monoisotopic (exact) mass is 543 g/mol. The summed E-state index contributed by atoms with van der Waals surface area (Å²) in [7, 11) is 1.49. The summed E-state index contributed by atoms with van der Waals surface area (Å²) in [6.07, 6.45) is -12.6. The average molecular weight is 544 g/mol. The smallest absolute Gasteiger partial charge is 0.318 e. The summed E-state index contributed by atoms with van der Waals surface area (Å²) < 4.78 is 22.9. The number of benzene rings is 1. The highest BCUT2D eigenvalue weighted by Gasteiger charge is 2.52. The molecule has 1 aromatic carbocycles. The van der Waals surface area contributed by atoms with Crippen LogP contribution in [0.4, 0.5) is 16.2 Å². The van der Waals surface area contributed by atoms with Gasteiger partial charge in [0.1, 0.15) is 48.8 Å². The molecule has 14 nitrogen and oxygen atoms in total. The Morgan fingerprint density at radius 2 is 1.53 bits per heavy atom. The molecule has 2 amide bonds. The van der Waals surface area contributed by atoms with E-state index in [4.69, 9.17) is 18.9 Å². The molecule has 1 aromatic rings. The van der Waals surface area contributed by atoms with Crippen LogP contribution in [-0.4, -0.2) is 124 Å². The summed E-state index contributed by atoms with van der Waals surface area (Å²) in [6, 6.07) is 6.10. The van der Waals surface area contributed by atoms with Crippen LogP contribution in [0.3, 0.4) is 0 Å². The van der Waals surface area contributed by atoms with Gasteiger partial charge in [-0.05, 0) is 36.6 Å². The van der Waals surface area contributed by atoms with Crippen LogP contribution in [-0.2, 0) is 18.9 Å². The van der Waals surface area contributed by atoms with Gasteiger partial charge in [-0.1, -0.05) is 6.92 Å². The molecule has 2 saturated heterocycles. The number of aliphatic hydroxyl groups is 6. The lowest BCUT2D eigenvalue weighted by molar-refractivity contribution is -0.345. The topological polar surface area (TPSA) is 211 Å². The first-order chi connectivity index (χ1) is 18.2. The fourth-order valence-corrected chi connectivity index (χ4v) is 4.54. The summed E-state index contributed by atoms with van der Waals surface area (Å²) in [5.74, 6) is 0.263. The van der Waals surface area contributed by atoms with Gasteiger partial charge >= 0.3 is 6.03 Å². The molecule has 0 bridgehead atoms. The molecule has 4 rings (SSSR count). The van der Waals surface area contributed by atoms with E-state index in [1.54, 1.807) is 24.3 Å². The summed E-state index contributed by atoms with van der Waals surface area (Å²) in [5.41, 5.74) is 1.03. The van der Waals surface area contributed by atoms with Gasteiger partial charge < -0.3 is 65.5 Å². The van der Waals surface area contributed by atoms with Crippen molar-refractivity contribution in [3.8, 4) is 0 Å². The van der Waals surface area contributed by atoms with Crippen molar-refractivity contribution in [1.82, 2.24) is 5.32 Å². The van der Waals surface area contributed by atoms with Gasteiger partial charge in [-0.2, -0.15) is 0 Å². The molecule has 214 valence electrons. The summed E-state index contributed by atoms with van der Waals surface area (Å²) >= 11 is 0. The van der Waals surface area contributed by atoms with Crippen molar-refractivity contribution in [1.29, 1.82) is 0 Å². The van der Waals surface area contributed by atoms with Crippen LogP contribution in [0.25, 0.3) is 0 Å². The standard InChI is InChI=1S/C24H37N3O11/c1-10-7-13(10)35-21-16(30)14(8-28)37-23(19(21)33)38-20-15(9-29)36-22(18(32)17(20)31)26-11-3-5-12(6-4-11)27-24(34)25-2/h3-6,10,13-23,26,28-33H,7-9H2,1-2H3,(H2,25,27,34)/t10?,13-,14?,15?,16-,17+,18?,19-,20+,21?,22+,23?/m0/s1. The second-order valence-electron chi connectivity index (χ2n) is 9.84. The molecule has 9 N–H and O–H groups in total. The predicted octanol–water partition coefficient (Wildman–Crippen LogP) is -2.09. The Kier molecular flexibility index (Phi) is 9.41. The molecule has 3 fully saturated rings. The zero-order valence-corrected chi connectivity index (χ0v) is 21.1. The SMILES string of the molecule is CNC(=O)Nc1ccc(N[C@@H]2OC(CO)[C@@H](OC3OC(CO)[C@H](O)C(O[C@H]4CC4C)[C@@H]3O)[C@H](O)C2O)cc1. The van der Waals surface area contributed by atoms with Crippen molar-refractivity contribution in [2.45, 2.75) is 80.8 Å². The van der Waals surface area contributed by atoms with Crippen LogP contribution in [0, 0.1) is 5.92 Å². The van der Waals surface area contributed by atoms with Crippen molar-refractivity contribution >= 4 is 17.4 Å². The van der Waals surface area contributed by atoms with Crippen molar-refractivity contribution in [3.05, 3.63) is 24.3 Å². The predicted molar refractivity (Wildman–Crippen MR) is 131 cm³/mol. The molecule has 38 heavy (non-hydrogen) atoms. The van der Waals surface area contributed by atoms with Gasteiger partial charge in [0.25, 0.3) is 0 Å². The number of aliphatic hydroxyl groups excluding tert-OH is 6. The van der Waals surface area contributed by atoms with E-state index in [1.165, 1.54) is 7.05 Å². The van der Waals surface area contributed by atoms with E-state index in [0.29, 0.717) is 11.4 Å². The van der Waals surface area contributed by atoms with E-state index in [2.05, 4.69) is 16.0 Å². The first kappa shape index (κ1) is 28.9. The highest BCUT2D eigenvalue weighted by molar-refractivity contribution is 5.89. The number of hydrogen-bond donors (Lipinski definition) is 9. The maximum absolute atomic E-state index is 11.4. The fraction of sp³-hybridized carbons (Fsp3) is 0.708. The highest BCUT2D eigenvalue weighted by Crippen LogP contribution is 2.37. The van der Waals surface area contributed by atoms with Crippen LogP contribution in [0.1, 0.15) is 13.3 Å². The van der Waals surface area contributed by atoms with E-state index in [0.717, 1.165) is 6.42 Å². The number of carbonyl (C=O) groups excluding carboxylic acids is 1. The molecule has 12 atom stereocenters. The van der Waals surface area contributed by atoms with Gasteiger partial charge in [-0.15, -0.1) is 0 Å². The summed E-state index contributed by atoms with van der Waals surface area (Å²) in [4.78, 5) is 11.4. The van der Waals surface area contributed by atoms with Crippen LogP contribution < -0.4 is 16.0 Å². The minimum Gasteiger partial charge on any atom is -0.394 e. The lowest BCUT2D eigenvalue weighted by Gasteiger charge is -2.47. The first-order valence-corrected chi connectivity index (χ1v) is 12.6. The molecule has 3 aliphatic rings. The maximum atomic E-state index is 11.4. The third-order valence-electron chi connectivity index (χ3n) is 7.02. The van der Waals surface area contributed by atoms with E-state index in [1.807, 2.05) is 6.92 Å². The normalized spacial score (nSPS) is 40.8. The van der Waals surface area contributed by atoms with Crippen molar-refractivity contribution < 1.29 is 54.4 Å². The quantitative estimate of drug-likeness (QED) is 0.164. The number of hydrogen-bond acceptors (Lipinski definition) is 12. The maximum Gasteiger partial charge on any atom is 0.318 e. The summed E-state index contributed by atoms with van der Waals surface area (Å²) in [5, 5.41) is 70.6. The third kappa shape index (κ3) is 6.37. The summed E-state index contributed by atoms with van der Waals surface area (Å²) in [6.45, 7) is 0.785. The second-order valence-corrected chi connectivity index (χ2v) is 9.84. The first-order valence-electron chi connectivity index (χ1n) is 12.6. The third-order valence-corrected chi connectivity index (χ3v) is 7.02. The van der Waals surface area contributed by atoms with E-state index < -0.39 is 74.6 Å². The number of nitrogens with one attached hydrogen (secondary N) is 3. The zero-order chi connectivity index (χ0) is 27.6. The Bertz CT molecular complexity index is 922. The molecular weight excluding hydrogens is 506 g/mol. The van der Waals surface area contributed by atoms with Crippen LogP contribution in [0.15, 0.2) is 24.3 Å². The van der Waals surface area contributed by atoms with Crippen molar-refractivity contribution in [2.75, 3.05) is 30.9 Å². The number of ether oxygens (including phenoxy) is 4. The molecule has 0 aromatic heterocycles. The van der Waals surface area contributed by atoms with Crippen molar-refractivity contribution in [2.24, 2.45) is 5.92 Å². The number of amides is 2. The Hall–Kier alpha value is -2.11. The fourth-order valence-electron chi connectivity index (χ4n) is 4.54. The minimum atomic E-state index is -1.58. The highest BCUT2D eigenvalue weighted by atomic mass is 16.7. The van der Waals surface area contributed by atoms with Crippen molar-refractivity contribution in [3.63, 3.8) is 0 Å².